The van der Waals surface area contributed by atoms with Crippen LogP contribution in [0.1, 0.15) is 37.8 Å². The molecule has 1 saturated carbocycles. The molecule has 1 aliphatic carbocycles. The van der Waals surface area contributed by atoms with E-state index in [0.717, 1.165) is 27.4 Å². The number of carbonyl (C=O) groups is 2. The molecule has 1 N–H and O–H groups in total. The number of fused-ring (bicyclic) bond motifs is 1. The molecule has 5 nitrogen and oxygen atoms in total. The molecule has 170 valence electrons. The lowest BCUT2D eigenvalue weighted by molar-refractivity contribution is 0.0690. The number of hydrogen-bond acceptors (Lipinski definition) is 4. The predicted molar refractivity (Wildman–Crippen MR) is 132 cm³/mol. The second-order valence-corrected chi connectivity index (χ2v) is 10.8. The molecule has 2 heterocycles. The van der Waals surface area contributed by atoms with Crippen LogP contribution in [0, 0.1) is 25.7 Å². The van der Waals surface area contributed by atoms with Gasteiger partial charge in [-0.3, -0.25) is 9.59 Å². The Balaban J connectivity index is 1.35. The summed E-state index contributed by atoms with van der Waals surface area (Å²) in [5.41, 5.74) is 3.11. The first-order chi connectivity index (χ1) is 15.8. The van der Waals surface area contributed by atoms with E-state index in [4.69, 9.17) is 23.2 Å². The van der Waals surface area contributed by atoms with Gasteiger partial charge in [0, 0.05) is 18.7 Å². The molecule has 1 saturated heterocycles. The van der Waals surface area contributed by atoms with Gasteiger partial charge >= 0.3 is 0 Å². The van der Waals surface area contributed by atoms with Gasteiger partial charge in [0.1, 0.15) is 5.69 Å². The molecule has 0 spiro atoms. The molecular formula is C25H23Cl2N3O2S. The van der Waals surface area contributed by atoms with Crippen molar-refractivity contribution in [3.05, 3.63) is 74.3 Å². The molecule has 1 aliphatic heterocycles. The quantitative estimate of drug-likeness (QED) is 0.495. The number of piperidine rings is 1. The fraction of sp³-hybridized carbons (Fsp3) is 0.320. The number of aromatic nitrogens is 1. The minimum atomic E-state index is -0.227. The van der Waals surface area contributed by atoms with Crippen molar-refractivity contribution in [1.29, 1.82) is 0 Å². The Morgan fingerprint density at radius 2 is 1.97 bits per heavy atom. The number of nitrogens with zero attached hydrogens (tertiary/aromatic N) is 2. The Bertz CT molecular complexity index is 1260. The Kier molecular flexibility index (Phi) is 5.93. The van der Waals surface area contributed by atoms with Gasteiger partial charge in [0.2, 0.25) is 0 Å². The van der Waals surface area contributed by atoms with Gasteiger partial charge in [0.15, 0.2) is 0 Å². The van der Waals surface area contributed by atoms with Gasteiger partial charge in [-0.25, -0.2) is 4.98 Å². The van der Waals surface area contributed by atoms with Crippen LogP contribution in [0.25, 0.3) is 10.4 Å². The van der Waals surface area contributed by atoms with E-state index in [0.29, 0.717) is 46.2 Å². The Morgan fingerprint density at radius 1 is 1.15 bits per heavy atom. The number of carbonyl (C=O) groups excluding carboxylic acids is 2. The monoisotopic (exact) mass is 499 g/mol. The molecule has 0 radical (unpaired) electrons. The van der Waals surface area contributed by atoms with Crippen molar-refractivity contribution in [2.45, 2.75) is 26.3 Å². The van der Waals surface area contributed by atoms with Gasteiger partial charge in [0.25, 0.3) is 11.8 Å². The topological polar surface area (TPSA) is 62.3 Å². The maximum atomic E-state index is 13.6. The lowest BCUT2D eigenvalue weighted by Gasteiger charge is -2.27. The average molecular weight is 500 g/mol. The van der Waals surface area contributed by atoms with Crippen LogP contribution in [0.2, 0.25) is 10.0 Å². The highest BCUT2D eigenvalue weighted by molar-refractivity contribution is 7.15. The van der Waals surface area contributed by atoms with E-state index in [1.807, 2.05) is 36.9 Å². The zero-order chi connectivity index (χ0) is 23.3. The number of amides is 2. The van der Waals surface area contributed by atoms with E-state index in [1.54, 1.807) is 29.5 Å². The molecule has 2 fully saturated rings. The summed E-state index contributed by atoms with van der Waals surface area (Å²) in [5, 5.41) is 4.60. The second kappa shape index (κ2) is 8.75. The zero-order valence-corrected chi connectivity index (χ0v) is 20.6. The molecule has 2 aromatic carbocycles. The molecule has 2 amide bonds. The molecule has 8 heteroatoms. The number of thiazole rings is 1. The van der Waals surface area contributed by atoms with Gasteiger partial charge in [-0.2, -0.15) is 0 Å². The fourth-order valence-corrected chi connectivity index (χ4v) is 5.90. The van der Waals surface area contributed by atoms with E-state index in [-0.39, 0.29) is 17.9 Å². The van der Waals surface area contributed by atoms with Gasteiger partial charge in [-0.05, 0) is 55.9 Å². The summed E-state index contributed by atoms with van der Waals surface area (Å²) in [5.74, 6) is 0.639. The summed E-state index contributed by atoms with van der Waals surface area (Å²) < 4.78 is 0. The van der Waals surface area contributed by atoms with Crippen molar-refractivity contribution < 1.29 is 9.59 Å². The molecule has 3 atom stereocenters. The molecule has 5 rings (SSSR count). The summed E-state index contributed by atoms with van der Waals surface area (Å²) >= 11 is 13.6. The lowest BCUT2D eigenvalue weighted by Crippen LogP contribution is -2.45. The van der Waals surface area contributed by atoms with Gasteiger partial charge < -0.3 is 10.2 Å². The zero-order valence-electron chi connectivity index (χ0n) is 18.3. The number of aryl methyl sites for hydroxylation is 2. The molecule has 33 heavy (non-hydrogen) atoms. The van der Waals surface area contributed by atoms with Crippen LogP contribution >= 0.6 is 34.5 Å². The third kappa shape index (κ3) is 4.39. The van der Waals surface area contributed by atoms with E-state index in [1.165, 1.54) is 0 Å². The third-order valence-corrected chi connectivity index (χ3v) is 8.19. The predicted octanol–water partition coefficient (Wildman–Crippen LogP) is 5.62. The van der Waals surface area contributed by atoms with E-state index in [9.17, 15) is 9.59 Å². The summed E-state index contributed by atoms with van der Waals surface area (Å²) in [6, 6.07) is 12.9. The van der Waals surface area contributed by atoms with Crippen LogP contribution in [0.4, 0.5) is 0 Å². The molecule has 3 aromatic rings. The van der Waals surface area contributed by atoms with Crippen LogP contribution in [-0.4, -0.2) is 40.8 Å². The number of rotatable bonds is 5. The standard InChI is InChI=1S/C25H23Cl2N3O2S/c1-13-4-3-5-15(8-13)23-22(29-14(2)33-23)25(32)30-12-17-9-18(17)21(30)11-28-24(31)16-6-7-19(26)20(27)10-16/h3-8,10,17-18,21H,9,11-12H2,1-2H3,(H,28,31). The van der Waals surface area contributed by atoms with E-state index < -0.39 is 0 Å². The molecule has 1 aromatic heterocycles. The molecular weight excluding hydrogens is 477 g/mol. The van der Waals surface area contributed by atoms with Gasteiger partial charge in [-0.15, -0.1) is 11.3 Å². The average Bonchev–Trinajstić information content (AvgIpc) is 3.30. The van der Waals surface area contributed by atoms with Crippen LogP contribution in [0.3, 0.4) is 0 Å². The first-order valence-corrected chi connectivity index (χ1v) is 12.5. The highest BCUT2D eigenvalue weighted by atomic mass is 35.5. The van der Waals surface area contributed by atoms with Gasteiger partial charge in [-0.1, -0.05) is 53.0 Å². The minimum Gasteiger partial charge on any atom is -0.350 e. The number of benzene rings is 2. The van der Waals surface area contributed by atoms with Crippen molar-refractivity contribution in [3.8, 4) is 10.4 Å². The fourth-order valence-electron chi connectivity index (χ4n) is 4.69. The number of nitrogens with one attached hydrogen (secondary N) is 1. The Morgan fingerprint density at radius 3 is 2.73 bits per heavy atom. The second-order valence-electron chi connectivity index (χ2n) is 8.80. The largest absolute Gasteiger partial charge is 0.350 e. The summed E-state index contributed by atoms with van der Waals surface area (Å²) in [4.78, 5) is 33.7. The van der Waals surface area contributed by atoms with E-state index in [2.05, 4.69) is 16.4 Å². The SMILES string of the molecule is Cc1cccc(-c2sc(C)nc2C(=O)N2CC3CC3C2CNC(=O)c2ccc(Cl)c(Cl)c2)c1. The van der Waals surface area contributed by atoms with Gasteiger partial charge in [0.05, 0.1) is 26.0 Å². The summed E-state index contributed by atoms with van der Waals surface area (Å²) in [6.45, 7) is 5.08. The van der Waals surface area contributed by atoms with Crippen LogP contribution in [0.15, 0.2) is 42.5 Å². The van der Waals surface area contributed by atoms with Crippen LogP contribution in [-0.2, 0) is 0 Å². The lowest BCUT2D eigenvalue weighted by atomic mass is 10.1. The summed E-state index contributed by atoms with van der Waals surface area (Å²) in [6.07, 6.45) is 1.10. The maximum absolute atomic E-state index is 13.6. The Hall–Kier alpha value is -2.41. The highest BCUT2D eigenvalue weighted by Gasteiger charge is 2.54. The molecule has 2 aliphatic rings. The Labute approximate surface area is 206 Å². The first-order valence-electron chi connectivity index (χ1n) is 10.9. The number of hydrogen-bond donors (Lipinski definition) is 1. The highest BCUT2D eigenvalue weighted by Crippen LogP contribution is 2.50. The molecule has 0 bridgehead atoms. The third-order valence-electron chi connectivity index (χ3n) is 6.43. The van der Waals surface area contributed by atoms with Crippen LogP contribution in [0.5, 0.6) is 0 Å². The van der Waals surface area contributed by atoms with Crippen molar-refractivity contribution in [3.63, 3.8) is 0 Å². The normalized spacial score (nSPS) is 21.1. The smallest absolute Gasteiger partial charge is 0.274 e. The maximum Gasteiger partial charge on any atom is 0.274 e. The van der Waals surface area contributed by atoms with Crippen molar-refractivity contribution in [2.75, 3.05) is 13.1 Å². The number of likely N-dealkylation sites (tertiary alicyclic amines) is 1. The number of halogens is 2. The first kappa shape index (κ1) is 22.4. The minimum absolute atomic E-state index is 0.0402. The molecule has 3 unspecified atom stereocenters. The van der Waals surface area contributed by atoms with Crippen LogP contribution < -0.4 is 5.32 Å². The van der Waals surface area contributed by atoms with Crippen molar-refractivity contribution >= 4 is 46.4 Å². The van der Waals surface area contributed by atoms with E-state index >= 15 is 0 Å². The summed E-state index contributed by atoms with van der Waals surface area (Å²) in [7, 11) is 0. The van der Waals surface area contributed by atoms with Crippen molar-refractivity contribution in [1.82, 2.24) is 15.2 Å². The van der Waals surface area contributed by atoms with Crippen molar-refractivity contribution in [2.24, 2.45) is 11.8 Å².